The van der Waals surface area contributed by atoms with Crippen LogP contribution in [0.3, 0.4) is 0 Å². The summed E-state index contributed by atoms with van der Waals surface area (Å²) in [7, 11) is 0. The zero-order valence-corrected chi connectivity index (χ0v) is 31.4. The van der Waals surface area contributed by atoms with E-state index in [1.807, 2.05) is 42.5 Å². The fraction of sp³-hybridized carbons (Fsp3) is 0. The summed E-state index contributed by atoms with van der Waals surface area (Å²) in [5.74, 6) is 1.74. The summed E-state index contributed by atoms with van der Waals surface area (Å²) < 4.78 is 0. The van der Waals surface area contributed by atoms with Crippen molar-refractivity contribution in [1.82, 2.24) is 15.0 Å². The van der Waals surface area contributed by atoms with Crippen LogP contribution in [-0.2, 0) is 0 Å². The maximum absolute atomic E-state index is 9.40. The van der Waals surface area contributed by atoms with E-state index in [2.05, 4.69) is 170 Å². The van der Waals surface area contributed by atoms with Crippen LogP contribution < -0.4 is 0 Å². The molecule has 270 valence electrons. The van der Waals surface area contributed by atoms with Crippen molar-refractivity contribution < 1.29 is 0 Å². The van der Waals surface area contributed by atoms with E-state index < -0.39 is 0 Å². The third-order valence-corrected chi connectivity index (χ3v) is 10.8. The van der Waals surface area contributed by atoms with Crippen LogP contribution in [0.2, 0.25) is 0 Å². The van der Waals surface area contributed by atoms with E-state index in [4.69, 9.17) is 15.0 Å². The second-order valence-corrected chi connectivity index (χ2v) is 14.3. The summed E-state index contributed by atoms with van der Waals surface area (Å²) in [6.45, 7) is 0. The molecular formula is C54H34N4. The van der Waals surface area contributed by atoms with Gasteiger partial charge in [-0.3, -0.25) is 0 Å². The Labute approximate surface area is 337 Å². The number of hydrogen-bond donors (Lipinski definition) is 0. The summed E-state index contributed by atoms with van der Waals surface area (Å²) in [6.07, 6.45) is 0. The molecular weight excluding hydrogens is 705 g/mol. The van der Waals surface area contributed by atoms with Crippen LogP contribution in [0.5, 0.6) is 0 Å². The molecule has 0 aliphatic heterocycles. The van der Waals surface area contributed by atoms with Crippen LogP contribution in [0.15, 0.2) is 206 Å². The first-order valence-corrected chi connectivity index (χ1v) is 19.3. The van der Waals surface area contributed by atoms with Crippen molar-refractivity contribution >= 4 is 21.5 Å². The van der Waals surface area contributed by atoms with Gasteiger partial charge in [0.2, 0.25) is 0 Å². The number of fused-ring (bicyclic) bond motifs is 2. The lowest BCUT2D eigenvalue weighted by molar-refractivity contribution is 1.07. The molecule has 4 nitrogen and oxygen atoms in total. The Morgan fingerprint density at radius 1 is 0.310 bits per heavy atom. The van der Waals surface area contributed by atoms with Gasteiger partial charge in [-0.15, -0.1) is 0 Å². The molecule has 0 amide bonds. The van der Waals surface area contributed by atoms with Gasteiger partial charge in [-0.05, 0) is 84.8 Å². The molecule has 0 aliphatic rings. The Hall–Kier alpha value is -8.00. The molecule has 58 heavy (non-hydrogen) atoms. The highest BCUT2D eigenvalue weighted by Gasteiger charge is 2.20. The Kier molecular flexibility index (Phi) is 8.87. The first-order valence-electron chi connectivity index (χ1n) is 19.3. The van der Waals surface area contributed by atoms with Crippen molar-refractivity contribution in [3.8, 4) is 84.7 Å². The Morgan fingerprint density at radius 3 is 1.66 bits per heavy atom. The van der Waals surface area contributed by atoms with Crippen molar-refractivity contribution in [2.75, 3.05) is 0 Å². The third-order valence-electron chi connectivity index (χ3n) is 10.8. The molecule has 1 aromatic heterocycles. The van der Waals surface area contributed by atoms with Gasteiger partial charge in [0.25, 0.3) is 0 Å². The van der Waals surface area contributed by atoms with Gasteiger partial charge in [0, 0.05) is 22.3 Å². The van der Waals surface area contributed by atoms with Crippen LogP contribution >= 0.6 is 0 Å². The minimum Gasteiger partial charge on any atom is -0.208 e. The van der Waals surface area contributed by atoms with Gasteiger partial charge in [0.15, 0.2) is 17.5 Å². The summed E-state index contributed by atoms with van der Waals surface area (Å²) in [4.78, 5) is 15.7. The first kappa shape index (κ1) is 34.5. The second kappa shape index (κ2) is 14.9. The molecule has 0 saturated heterocycles. The maximum atomic E-state index is 9.40. The minimum atomic E-state index is 0.572. The number of nitrogens with zero attached hydrogens (tertiary/aromatic N) is 4. The zero-order valence-electron chi connectivity index (χ0n) is 31.4. The van der Waals surface area contributed by atoms with Crippen molar-refractivity contribution in [2.45, 2.75) is 0 Å². The Balaban J connectivity index is 1.17. The molecule has 0 spiro atoms. The molecule has 10 aromatic rings. The standard InChI is InChI=1S/C54H34N4/c55-35-36-23-25-38(26-24-36)44-17-8-18-46(34-44)53-56-52(42-30-28-41(29-31-42)48-20-9-16-39-14-6-7-19-47(39)48)57-54(58-53)50-22-10-21-49(40-12-2-1-3-13-40)51(50)45-32-27-37-11-4-5-15-43(37)33-45/h1-34H. The van der Waals surface area contributed by atoms with E-state index in [9.17, 15) is 5.26 Å². The van der Waals surface area contributed by atoms with Crippen molar-refractivity contribution in [2.24, 2.45) is 0 Å². The largest absolute Gasteiger partial charge is 0.208 e. The monoisotopic (exact) mass is 738 g/mol. The highest BCUT2D eigenvalue weighted by molar-refractivity contribution is 5.98. The normalized spacial score (nSPS) is 11.1. The highest BCUT2D eigenvalue weighted by atomic mass is 15.0. The van der Waals surface area contributed by atoms with E-state index in [1.165, 1.54) is 21.7 Å². The van der Waals surface area contributed by atoms with Crippen LogP contribution in [0.4, 0.5) is 0 Å². The van der Waals surface area contributed by atoms with Crippen molar-refractivity contribution in [1.29, 1.82) is 5.26 Å². The summed E-state index contributed by atoms with van der Waals surface area (Å²) in [5, 5.41) is 14.2. The Bertz CT molecular complexity index is 3160. The van der Waals surface area contributed by atoms with Crippen LogP contribution in [0.25, 0.3) is 100 Å². The van der Waals surface area contributed by atoms with Crippen LogP contribution in [0, 0.1) is 11.3 Å². The molecule has 0 N–H and O–H groups in total. The lowest BCUT2D eigenvalue weighted by Crippen LogP contribution is -2.02. The van der Waals surface area contributed by atoms with Gasteiger partial charge in [0.05, 0.1) is 11.6 Å². The van der Waals surface area contributed by atoms with Gasteiger partial charge in [0.1, 0.15) is 0 Å². The average molecular weight is 739 g/mol. The number of nitriles is 1. The van der Waals surface area contributed by atoms with Crippen molar-refractivity contribution in [3.63, 3.8) is 0 Å². The molecule has 1 heterocycles. The number of benzene rings is 9. The third kappa shape index (κ3) is 6.57. The summed E-state index contributed by atoms with van der Waals surface area (Å²) in [5.41, 5.74) is 12.0. The van der Waals surface area contributed by atoms with E-state index in [0.29, 0.717) is 23.0 Å². The van der Waals surface area contributed by atoms with E-state index in [0.717, 1.165) is 61.0 Å². The molecule has 0 bridgehead atoms. The molecule has 10 rings (SSSR count). The summed E-state index contributed by atoms with van der Waals surface area (Å²) >= 11 is 0. The number of aromatic nitrogens is 3. The topological polar surface area (TPSA) is 62.5 Å². The van der Waals surface area contributed by atoms with Crippen molar-refractivity contribution in [3.05, 3.63) is 212 Å². The Morgan fingerprint density at radius 2 is 0.845 bits per heavy atom. The second-order valence-electron chi connectivity index (χ2n) is 14.3. The SMILES string of the molecule is N#Cc1ccc(-c2cccc(-c3nc(-c4ccc(-c5cccc6ccccc56)cc4)nc(-c4cccc(-c5ccccc5)c4-c4ccc5ccccc5c4)n3)c2)cc1. The van der Waals surface area contributed by atoms with Crippen LogP contribution in [-0.4, -0.2) is 15.0 Å². The predicted molar refractivity (Wildman–Crippen MR) is 238 cm³/mol. The average Bonchev–Trinajstić information content (AvgIpc) is 3.31. The molecule has 0 atom stereocenters. The van der Waals surface area contributed by atoms with Gasteiger partial charge in [-0.1, -0.05) is 182 Å². The predicted octanol–water partition coefficient (Wildman–Crippen LogP) is 13.7. The molecule has 0 aliphatic carbocycles. The molecule has 0 unspecified atom stereocenters. The summed E-state index contributed by atoms with van der Waals surface area (Å²) in [6, 6.07) is 73.6. The van der Waals surface area contributed by atoms with Gasteiger partial charge >= 0.3 is 0 Å². The molecule has 0 fully saturated rings. The fourth-order valence-corrected chi connectivity index (χ4v) is 7.86. The lowest BCUT2D eigenvalue weighted by Gasteiger charge is -2.17. The molecule has 0 radical (unpaired) electrons. The number of rotatable bonds is 7. The van der Waals surface area contributed by atoms with E-state index >= 15 is 0 Å². The molecule has 9 aromatic carbocycles. The minimum absolute atomic E-state index is 0.572. The fourth-order valence-electron chi connectivity index (χ4n) is 7.86. The lowest BCUT2D eigenvalue weighted by atomic mass is 9.89. The molecule has 0 saturated carbocycles. The van der Waals surface area contributed by atoms with Gasteiger partial charge in [-0.25, -0.2) is 15.0 Å². The van der Waals surface area contributed by atoms with Crippen LogP contribution in [0.1, 0.15) is 5.56 Å². The maximum Gasteiger partial charge on any atom is 0.164 e. The zero-order chi connectivity index (χ0) is 38.8. The smallest absolute Gasteiger partial charge is 0.164 e. The van der Waals surface area contributed by atoms with E-state index in [-0.39, 0.29) is 0 Å². The highest BCUT2D eigenvalue weighted by Crippen LogP contribution is 2.41. The molecule has 4 heteroatoms. The first-order chi connectivity index (χ1) is 28.7. The van der Waals surface area contributed by atoms with Gasteiger partial charge < -0.3 is 0 Å². The van der Waals surface area contributed by atoms with E-state index in [1.54, 1.807) is 0 Å². The number of hydrogen-bond acceptors (Lipinski definition) is 4. The van der Waals surface area contributed by atoms with Gasteiger partial charge in [-0.2, -0.15) is 5.26 Å². The quantitative estimate of drug-likeness (QED) is 0.163.